The third-order valence-corrected chi connectivity index (χ3v) is 3.78. The number of fused-ring (bicyclic) bond motifs is 1. The predicted octanol–water partition coefficient (Wildman–Crippen LogP) is 2.64. The third-order valence-electron chi connectivity index (χ3n) is 3.47. The lowest BCUT2D eigenvalue weighted by atomic mass is 10.0. The summed E-state index contributed by atoms with van der Waals surface area (Å²) in [5.74, 6) is -0.0722. The van der Waals surface area contributed by atoms with Crippen LogP contribution in [-0.2, 0) is 13.0 Å². The fourth-order valence-corrected chi connectivity index (χ4v) is 2.68. The van der Waals surface area contributed by atoms with Gasteiger partial charge in [-0.3, -0.25) is 14.8 Å². The average molecular weight is 288 g/mol. The lowest BCUT2D eigenvalue weighted by molar-refractivity contribution is 0.0733. The number of carbonyl (C=O) groups is 1. The normalized spacial score (nSPS) is 14.0. The quantitative estimate of drug-likeness (QED) is 0.810. The van der Waals surface area contributed by atoms with E-state index in [1.807, 2.05) is 19.1 Å². The smallest absolute Gasteiger partial charge is 0.257 e. The Labute approximate surface area is 122 Å². The Kier molecular flexibility index (Phi) is 3.40. The molecule has 0 N–H and O–H groups in total. The molecule has 1 aliphatic rings. The van der Waals surface area contributed by atoms with E-state index in [4.69, 9.17) is 11.6 Å². The first-order chi connectivity index (χ1) is 9.65. The zero-order valence-corrected chi connectivity index (χ0v) is 11.9. The zero-order chi connectivity index (χ0) is 14.1. The number of amides is 1. The summed E-state index contributed by atoms with van der Waals surface area (Å²) in [5.41, 5.74) is 3.44. The Hall–Kier alpha value is -1.94. The standard InChI is InChI=1S/C15H14ClN3O/c1-10-7-13(16)12(8-18-10)15(20)19-6-4-14-11(9-19)3-2-5-17-14/h2-3,5,7-8H,4,6,9H2,1H3. The van der Waals surface area contributed by atoms with Crippen molar-refractivity contribution in [2.24, 2.45) is 0 Å². The minimum atomic E-state index is -0.0722. The molecule has 102 valence electrons. The summed E-state index contributed by atoms with van der Waals surface area (Å²) in [5, 5.41) is 0.458. The second kappa shape index (κ2) is 5.21. The summed E-state index contributed by atoms with van der Waals surface area (Å²) >= 11 is 6.14. The maximum absolute atomic E-state index is 12.5. The lowest BCUT2D eigenvalue weighted by Gasteiger charge is -2.28. The minimum absolute atomic E-state index is 0.0722. The van der Waals surface area contributed by atoms with Crippen LogP contribution in [-0.4, -0.2) is 27.3 Å². The van der Waals surface area contributed by atoms with E-state index in [0.717, 1.165) is 23.4 Å². The van der Waals surface area contributed by atoms with Gasteiger partial charge in [0.2, 0.25) is 0 Å². The number of halogens is 1. The first-order valence-electron chi connectivity index (χ1n) is 6.49. The van der Waals surface area contributed by atoms with Crippen molar-refractivity contribution in [3.05, 3.63) is 58.1 Å². The highest BCUT2D eigenvalue weighted by molar-refractivity contribution is 6.33. The van der Waals surface area contributed by atoms with Gasteiger partial charge in [-0.05, 0) is 24.6 Å². The van der Waals surface area contributed by atoms with Crippen LogP contribution in [0.4, 0.5) is 0 Å². The molecule has 0 radical (unpaired) electrons. The molecule has 2 aromatic heterocycles. The van der Waals surface area contributed by atoms with Crippen molar-refractivity contribution in [1.29, 1.82) is 0 Å². The van der Waals surface area contributed by atoms with Crippen LogP contribution >= 0.6 is 11.6 Å². The van der Waals surface area contributed by atoms with E-state index in [1.54, 1.807) is 23.4 Å². The van der Waals surface area contributed by atoms with Crippen molar-refractivity contribution >= 4 is 17.5 Å². The molecule has 0 aliphatic carbocycles. The Morgan fingerprint density at radius 3 is 3.05 bits per heavy atom. The van der Waals surface area contributed by atoms with Gasteiger partial charge in [0.15, 0.2) is 0 Å². The monoisotopic (exact) mass is 287 g/mol. The van der Waals surface area contributed by atoms with Crippen molar-refractivity contribution in [1.82, 2.24) is 14.9 Å². The molecule has 2 aromatic rings. The molecule has 5 heteroatoms. The molecule has 0 saturated carbocycles. The van der Waals surface area contributed by atoms with E-state index >= 15 is 0 Å². The van der Waals surface area contributed by atoms with Crippen molar-refractivity contribution in [2.75, 3.05) is 6.54 Å². The highest BCUT2D eigenvalue weighted by Gasteiger charge is 2.23. The SMILES string of the molecule is Cc1cc(Cl)c(C(=O)N2CCc3ncccc3C2)cn1. The molecule has 3 heterocycles. The van der Waals surface area contributed by atoms with Gasteiger partial charge in [-0.1, -0.05) is 17.7 Å². The highest BCUT2D eigenvalue weighted by Crippen LogP contribution is 2.22. The molecular weight excluding hydrogens is 274 g/mol. The second-order valence-corrected chi connectivity index (χ2v) is 5.30. The highest BCUT2D eigenvalue weighted by atomic mass is 35.5. The molecule has 0 unspecified atom stereocenters. The Morgan fingerprint density at radius 1 is 1.40 bits per heavy atom. The predicted molar refractivity (Wildman–Crippen MR) is 76.7 cm³/mol. The van der Waals surface area contributed by atoms with Crippen molar-refractivity contribution in [2.45, 2.75) is 19.9 Å². The van der Waals surface area contributed by atoms with Gasteiger partial charge >= 0.3 is 0 Å². The zero-order valence-electron chi connectivity index (χ0n) is 11.1. The van der Waals surface area contributed by atoms with E-state index in [1.165, 1.54) is 0 Å². The van der Waals surface area contributed by atoms with Gasteiger partial charge in [0.1, 0.15) is 0 Å². The molecule has 3 rings (SSSR count). The van der Waals surface area contributed by atoms with Crippen LogP contribution in [0.25, 0.3) is 0 Å². The van der Waals surface area contributed by atoms with Crippen molar-refractivity contribution in [3.63, 3.8) is 0 Å². The topological polar surface area (TPSA) is 46.1 Å². The van der Waals surface area contributed by atoms with Crippen LogP contribution < -0.4 is 0 Å². The number of aryl methyl sites for hydroxylation is 1. The molecule has 1 aliphatic heterocycles. The number of pyridine rings is 2. The summed E-state index contributed by atoms with van der Waals surface area (Å²) in [6.45, 7) is 3.09. The fourth-order valence-electron chi connectivity index (χ4n) is 2.39. The van der Waals surface area contributed by atoms with Gasteiger partial charge in [-0.2, -0.15) is 0 Å². The molecule has 0 aromatic carbocycles. The summed E-state index contributed by atoms with van der Waals surface area (Å²) in [6.07, 6.45) is 4.12. The summed E-state index contributed by atoms with van der Waals surface area (Å²) in [6, 6.07) is 5.62. The van der Waals surface area contributed by atoms with Crippen LogP contribution in [0.15, 0.2) is 30.6 Å². The molecule has 1 amide bonds. The minimum Gasteiger partial charge on any atom is -0.334 e. The Morgan fingerprint density at radius 2 is 2.25 bits per heavy atom. The number of hydrogen-bond donors (Lipinski definition) is 0. The molecule has 0 saturated heterocycles. The van der Waals surface area contributed by atoms with Crippen LogP contribution in [0.3, 0.4) is 0 Å². The van der Waals surface area contributed by atoms with E-state index in [0.29, 0.717) is 23.7 Å². The maximum Gasteiger partial charge on any atom is 0.257 e. The molecule has 20 heavy (non-hydrogen) atoms. The van der Waals surface area contributed by atoms with Gasteiger partial charge in [-0.25, -0.2) is 0 Å². The van der Waals surface area contributed by atoms with Crippen molar-refractivity contribution < 1.29 is 4.79 Å². The largest absolute Gasteiger partial charge is 0.334 e. The number of aromatic nitrogens is 2. The number of hydrogen-bond acceptors (Lipinski definition) is 3. The summed E-state index contributed by atoms with van der Waals surface area (Å²) in [7, 11) is 0. The van der Waals surface area contributed by atoms with E-state index < -0.39 is 0 Å². The Balaban J connectivity index is 1.86. The van der Waals surface area contributed by atoms with E-state index in [2.05, 4.69) is 9.97 Å². The molecule has 0 fully saturated rings. The first kappa shape index (κ1) is 13.1. The Bertz CT molecular complexity index is 672. The first-order valence-corrected chi connectivity index (χ1v) is 6.87. The number of rotatable bonds is 1. The van der Waals surface area contributed by atoms with Crippen LogP contribution in [0.1, 0.15) is 27.3 Å². The molecular formula is C15H14ClN3O. The van der Waals surface area contributed by atoms with Crippen LogP contribution in [0.2, 0.25) is 5.02 Å². The third kappa shape index (κ3) is 2.39. The molecule has 4 nitrogen and oxygen atoms in total. The second-order valence-electron chi connectivity index (χ2n) is 4.89. The van der Waals surface area contributed by atoms with Crippen LogP contribution in [0.5, 0.6) is 0 Å². The number of carbonyl (C=O) groups excluding carboxylic acids is 1. The molecule has 0 bridgehead atoms. The summed E-state index contributed by atoms with van der Waals surface area (Å²) in [4.78, 5) is 22.8. The van der Waals surface area contributed by atoms with E-state index in [-0.39, 0.29) is 5.91 Å². The van der Waals surface area contributed by atoms with Crippen molar-refractivity contribution in [3.8, 4) is 0 Å². The fraction of sp³-hybridized carbons (Fsp3) is 0.267. The average Bonchev–Trinajstić information content (AvgIpc) is 2.46. The lowest BCUT2D eigenvalue weighted by Crippen LogP contribution is -2.36. The van der Waals surface area contributed by atoms with Gasteiger partial charge in [0, 0.05) is 43.3 Å². The summed E-state index contributed by atoms with van der Waals surface area (Å²) < 4.78 is 0. The molecule has 0 spiro atoms. The maximum atomic E-state index is 12.5. The van der Waals surface area contributed by atoms with Gasteiger partial charge < -0.3 is 4.90 Å². The van der Waals surface area contributed by atoms with Gasteiger partial charge in [-0.15, -0.1) is 0 Å². The van der Waals surface area contributed by atoms with Gasteiger partial charge in [0.05, 0.1) is 10.6 Å². The van der Waals surface area contributed by atoms with Crippen LogP contribution in [0, 0.1) is 6.92 Å². The van der Waals surface area contributed by atoms with Gasteiger partial charge in [0.25, 0.3) is 5.91 Å². The number of nitrogens with zero attached hydrogens (tertiary/aromatic N) is 3. The van der Waals surface area contributed by atoms with E-state index in [9.17, 15) is 4.79 Å². The molecule has 0 atom stereocenters.